The third-order valence-electron chi connectivity index (χ3n) is 7.27. The van der Waals surface area contributed by atoms with E-state index in [1.165, 1.54) is 0 Å². The molecule has 1 fully saturated rings. The summed E-state index contributed by atoms with van der Waals surface area (Å²) in [5.74, 6) is 0.0468. The number of benzene rings is 2. The van der Waals surface area contributed by atoms with Crippen LogP contribution in [0, 0.1) is 0 Å². The number of rotatable bonds is 9. The molecule has 4 rings (SSSR count). The van der Waals surface area contributed by atoms with Crippen LogP contribution in [-0.2, 0) is 17.0 Å². The highest BCUT2D eigenvalue weighted by atomic mass is 32.3. The van der Waals surface area contributed by atoms with Crippen LogP contribution in [0.25, 0.3) is 0 Å². The third kappa shape index (κ3) is 6.45. The Morgan fingerprint density at radius 1 is 1.16 bits per heavy atom. The number of anilines is 1. The minimum atomic E-state index is -2.86. The van der Waals surface area contributed by atoms with Gasteiger partial charge < -0.3 is 14.9 Å². The molecule has 0 radical (unpaired) electrons. The zero-order valence-electron chi connectivity index (χ0n) is 21.8. The summed E-state index contributed by atoms with van der Waals surface area (Å²) >= 11 is 0. The van der Waals surface area contributed by atoms with Gasteiger partial charge in [-0.05, 0) is 55.2 Å². The number of carbonyl (C=O) groups is 2. The number of nitrogens with zero attached hydrogens (tertiary/aromatic N) is 3. The molecule has 0 aliphatic carbocycles. The summed E-state index contributed by atoms with van der Waals surface area (Å²) in [6.07, 6.45) is 0.483. The SMILES string of the molecule is CCN(CC)C(=O)c1cccc([C@@H](CN2CCC(O)C2)N(C)C(=O)Cc2ccc3c(c2)NS(O)(O)C3)c1. The first-order valence-electron chi connectivity index (χ1n) is 12.8. The van der Waals surface area contributed by atoms with E-state index in [1.807, 2.05) is 50.2 Å². The third-order valence-corrected chi connectivity index (χ3v) is 8.53. The number of carbonyl (C=O) groups excluding carboxylic acids is 2. The molecule has 9 nitrogen and oxygen atoms in total. The first-order valence-corrected chi connectivity index (χ1v) is 14.5. The minimum Gasteiger partial charge on any atom is -0.392 e. The van der Waals surface area contributed by atoms with E-state index in [-0.39, 0.29) is 36.1 Å². The molecule has 2 atom stereocenters. The van der Waals surface area contributed by atoms with Crippen LogP contribution >= 0.6 is 10.8 Å². The number of β-amino-alcohol motifs (C(OH)–C–C–N with tert-alkyl or cyclic N) is 1. The van der Waals surface area contributed by atoms with E-state index in [2.05, 4.69) is 9.62 Å². The average Bonchev–Trinajstić information content (AvgIpc) is 3.42. The van der Waals surface area contributed by atoms with E-state index in [9.17, 15) is 23.8 Å². The van der Waals surface area contributed by atoms with E-state index in [1.54, 1.807) is 22.9 Å². The smallest absolute Gasteiger partial charge is 0.253 e. The van der Waals surface area contributed by atoms with Gasteiger partial charge in [0.25, 0.3) is 5.91 Å². The van der Waals surface area contributed by atoms with E-state index in [4.69, 9.17) is 0 Å². The number of fused-ring (bicyclic) bond motifs is 1. The lowest BCUT2D eigenvalue weighted by Crippen LogP contribution is -2.39. The summed E-state index contributed by atoms with van der Waals surface area (Å²) in [6, 6.07) is 12.7. The maximum Gasteiger partial charge on any atom is 0.253 e. The Bertz CT molecular complexity index is 1140. The van der Waals surface area contributed by atoms with Gasteiger partial charge in [-0.25, -0.2) is 0 Å². The van der Waals surface area contributed by atoms with Crippen molar-refractivity contribution in [1.29, 1.82) is 0 Å². The number of aliphatic hydroxyl groups is 1. The minimum absolute atomic E-state index is 0.0345. The second-order valence-electron chi connectivity index (χ2n) is 9.91. The fourth-order valence-corrected chi connectivity index (χ4v) is 6.40. The summed E-state index contributed by atoms with van der Waals surface area (Å²) in [6.45, 7) is 7.01. The molecule has 2 aromatic carbocycles. The van der Waals surface area contributed by atoms with Gasteiger partial charge in [-0.3, -0.25) is 28.3 Å². The van der Waals surface area contributed by atoms with Crippen molar-refractivity contribution in [3.05, 3.63) is 64.7 Å². The second-order valence-corrected chi connectivity index (χ2v) is 11.7. The molecule has 0 aromatic heterocycles. The molecule has 0 saturated carbocycles. The van der Waals surface area contributed by atoms with Crippen LogP contribution in [-0.4, -0.2) is 86.6 Å². The zero-order chi connectivity index (χ0) is 26.7. The molecule has 4 N–H and O–H groups in total. The Labute approximate surface area is 220 Å². The monoisotopic (exact) mass is 530 g/mol. The van der Waals surface area contributed by atoms with Crippen LogP contribution < -0.4 is 4.72 Å². The molecule has 10 heteroatoms. The zero-order valence-corrected chi connectivity index (χ0v) is 22.6. The van der Waals surface area contributed by atoms with Crippen molar-refractivity contribution < 1.29 is 23.8 Å². The Morgan fingerprint density at radius 2 is 1.92 bits per heavy atom. The molecule has 1 unspecified atom stereocenters. The van der Waals surface area contributed by atoms with Gasteiger partial charge in [0.05, 0.1) is 30.0 Å². The molecule has 2 aliphatic heterocycles. The molecular weight excluding hydrogens is 492 g/mol. The van der Waals surface area contributed by atoms with Gasteiger partial charge >= 0.3 is 0 Å². The van der Waals surface area contributed by atoms with Crippen LogP contribution in [0.2, 0.25) is 0 Å². The van der Waals surface area contributed by atoms with Gasteiger partial charge in [0, 0.05) is 45.3 Å². The van der Waals surface area contributed by atoms with Gasteiger partial charge in [0.1, 0.15) is 0 Å². The highest BCUT2D eigenvalue weighted by Gasteiger charge is 2.30. The molecule has 0 spiro atoms. The number of nitrogens with one attached hydrogen (secondary N) is 1. The summed E-state index contributed by atoms with van der Waals surface area (Å²) in [5.41, 5.74) is 3.72. The lowest BCUT2D eigenvalue weighted by atomic mass is 10.0. The maximum atomic E-state index is 13.5. The van der Waals surface area contributed by atoms with Crippen molar-refractivity contribution in [2.45, 2.75) is 44.6 Å². The Kier molecular flexibility index (Phi) is 8.45. The molecule has 2 aromatic rings. The van der Waals surface area contributed by atoms with E-state index >= 15 is 0 Å². The molecule has 1 saturated heterocycles. The standard InChI is InChI=1S/C27H38N4O5S/c1-4-31(5-2)27(34)21-8-6-7-20(15-21)25(17-30-12-11-23(32)16-30)29(3)26(33)14-19-9-10-22-18-37(35,36)28-24(22)13-19/h6-10,13,15,23,25,28,32,35-36H,4-5,11-12,14,16-18H2,1-3H3/t23?,25-/m1/s1. The van der Waals surface area contributed by atoms with Gasteiger partial charge in [-0.15, -0.1) is 10.8 Å². The van der Waals surface area contributed by atoms with Crippen LogP contribution in [0.3, 0.4) is 0 Å². The van der Waals surface area contributed by atoms with Crippen LogP contribution in [0.4, 0.5) is 5.69 Å². The van der Waals surface area contributed by atoms with Crippen molar-refractivity contribution in [3.63, 3.8) is 0 Å². The van der Waals surface area contributed by atoms with Crippen LogP contribution in [0.5, 0.6) is 0 Å². The van der Waals surface area contributed by atoms with E-state index in [0.717, 1.165) is 23.2 Å². The van der Waals surface area contributed by atoms with Gasteiger partial charge in [-0.1, -0.05) is 24.3 Å². The molecule has 0 bridgehead atoms. The van der Waals surface area contributed by atoms with Crippen LogP contribution in [0.1, 0.15) is 53.4 Å². The normalized spacial score (nSPS) is 20.1. The van der Waals surface area contributed by atoms with Crippen molar-refractivity contribution in [2.75, 3.05) is 44.5 Å². The Morgan fingerprint density at radius 3 is 2.59 bits per heavy atom. The number of likely N-dealkylation sites (tertiary alicyclic amines) is 1. The highest BCUT2D eigenvalue weighted by molar-refractivity contribution is 8.25. The topological polar surface area (TPSA) is 117 Å². The molecule has 2 amide bonds. The first-order chi connectivity index (χ1) is 17.6. The molecule has 2 heterocycles. The Hall–Kier alpha value is -2.63. The average molecular weight is 531 g/mol. The summed E-state index contributed by atoms with van der Waals surface area (Å²) in [4.78, 5) is 32.1. The molecule has 37 heavy (non-hydrogen) atoms. The fraction of sp³-hybridized carbons (Fsp3) is 0.481. The largest absolute Gasteiger partial charge is 0.392 e. The van der Waals surface area contributed by atoms with Crippen molar-refractivity contribution in [3.8, 4) is 0 Å². The lowest BCUT2D eigenvalue weighted by Gasteiger charge is -2.32. The number of hydrogen-bond donors (Lipinski definition) is 4. The number of hydrogen-bond acceptors (Lipinski definition) is 7. The molecule has 2 aliphatic rings. The predicted octanol–water partition coefficient (Wildman–Crippen LogP) is 3.57. The Balaban J connectivity index is 1.56. The summed E-state index contributed by atoms with van der Waals surface area (Å²) in [7, 11) is -1.08. The summed E-state index contributed by atoms with van der Waals surface area (Å²) < 4.78 is 22.7. The van der Waals surface area contributed by atoms with E-state index in [0.29, 0.717) is 43.9 Å². The van der Waals surface area contributed by atoms with Crippen molar-refractivity contribution in [2.24, 2.45) is 0 Å². The molecule has 202 valence electrons. The summed E-state index contributed by atoms with van der Waals surface area (Å²) in [5, 5.41) is 10.1. The van der Waals surface area contributed by atoms with E-state index < -0.39 is 10.8 Å². The quantitative estimate of drug-likeness (QED) is 0.392. The first kappa shape index (κ1) is 27.4. The second kappa shape index (κ2) is 11.4. The van der Waals surface area contributed by atoms with Crippen LogP contribution in [0.15, 0.2) is 42.5 Å². The number of likely N-dealkylation sites (N-methyl/N-ethyl adjacent to an activating group) is 1. The fourth-order valence-electron chi connectivity index (χ4n) is 5.10. The highest BCUT2D eigenvalue weighted by Crippen LogP contribution is 2.50. The molecular formula is C27H38N4O5S. The van der Waals surface area contributed by atoms with Crippen molar-refractivity contribution >= 4 is 28.3 Å². The lowest BCUT2D eigenvalue weighted by molar-refractivity contribution is -0.131. The maximum absolute atomic E-state index is 13.5. The van der Waals surface area contributed by atoms with Crippen molar-refractivity contribution in [1.82, 2.24) is 14.7 Å². The number of aliphatic hydroxyl groups excluding tert-OH is 1. The van der Waals surface area contributed by atoms with Gasteiger partial charge in [0.2, 0.25) is 5.91 Å². The predicted molar refractivity (Wildman–Crippen MR) is 147 cm³/mol. The van der Waals surface area contributed by atoms with Gasteiger partial charge in [0.15, 0.2) is 0 Å². The van der Waals surface area contributed by atoms with Gasteiger partial charge in [-0.2, -0.15) is 0 Å². The number of amides is 2.